The van der Waals surface area contributed by atoms with Crippen LogP contribution >= 0.6 is 0 Å². The molecule has 4 aromatic carbocycles. The van der Waals surface area contributed by atoms with Crippen molar-refractivity contribution in [2.75, 3.05) is 0 Å². The van der Waals surface area contributed by atoms with Crippen molar-refractivity contribution < 1.29 is 62.1 Å². The summed E-state index contributed by atoms with van der Waals surface area (Å²) in [5.74, 6) is -1.22. The van der Waals surface area contributed by atoms with Crippen LogP contribution in [0.15, 0.2) is 125 Å². The third kappa shape index (κ3) is 8.36. The van der Waals surface area contributed by atoms with Gasteiger partial charge in [0.1, 0.15) is 32.2 Å². The number of aryl methyl sites for hydroxylation is 2. The Balaban J connectivity index is 1.30. The molecular formula is C32H24N6O14S4. The van der Waals surface area contributed by atoms with E-state index in [1.54, 1.807) is 0 Å². The number of aromatic nitrogens is 2. The molecule has 0 saturated carbocycles. The Hall–Kier alpha value is -5.86. The standard InChI is InChI=1S/C32H24N6O14S4/c39-31-23(15-27(55(47,48)49)21-3-1-11-33-29(21)31)37-35-19-9-7-17(25(13-19)53(41,42)43)5-6-18-8-10-20(14-26(18)54(44,45)46)36-38-24-16-28(56(50,51)52)22-4-2-12-34-30(22)32(24)40/h1-4,7-16,39-40H,5-6H2,(H,41,42,43)(H,44,45,46)(H,47,48,49)(H,50,51,52). The summed E-state index contributed by atoms with van der Waals surface area (Å²) < 4.78 is 137. The van der Waals surface area contributed by atoms with E-state index >= 15 is 0 Å². The lowest BCUT2D eigenvalue weighted by molar-refractivity contribution is 0.476. The molecule has 0 bridgehead atoms. The van der Waals surface area contributed by atoms with Crippen molar-refractivity contribution in [3.05, 3.63) is 96.3 Å². The first kappa shape index (κ1) is 39.8. The minimum atomic E-state index is -4.96. The van der Waals surface area contributed by atoms with Crippen molar-refractivity contribution in [1.82, 2.24) is 9.97 Å². The number of pyridine rings is 2. The number of hydrogen-bond acceptors (Lipinski definition) is 16. The highest BCUT2D eigenvalue weighted by molar-refractivity contribution is 7.86. The predicted octanol–water partition coefficient (Wildman–Crippen LogP) is 5.80. The van der Waals surface area contributed by atoms with E-state index in [0.717, 1.165) is 24.3 Å². The number of phenolic OH excluding ortho intramolecular Hbond substituents is 2. The maximum atomic E-state index is 12.4. The molecule has 0 spiro atoms. The summed E-state index contributed by atoms with van der Waals surface area (Å²) >= 11 is 0. The SMILES string of the molecule is O=S(=O)(O)c1cc(N=Nc2cc(S(=O)(=O)O)c3cccnc3c2O)ccc1CCc1ccc(N=Nc2cc(S(=O)(=O)O)c3cccnc3c2O)cc1S(=O)(=O)O. The number of hydrogen-bond donors (Lipinski definition) is 6. The Kier molecular flexibility index (Phi) is 10.4. The number of rotatable bonds is 11. The van der Waals surface area contributed by atoms with E-state index in [9.17, 15) is 62.1 Å². The summed E-state index contributed by atoms with van der Waals surface area (Å²) in [6.45, 7) is 0. The van der Waals surface area contributed by atoms with Crippen LogP contribution in [0.5, 0.6) is 11.5 Å². The van der Waals surface area contributed by atoms with Crippen LogP contribution in [0.3, 0.4) is 0 Å². The van der Waals surface area contributed by atoms with E-state index in [-0.39, 0.29) is 57.1 Å². The van der Waals surface area contributed by atoms with Crippen LogP contribution < -0.4 is 0 Å². The van der Waals surface area contributed by atoms with Crippen molar-refractivity contribution in [2.24, 2.45) is 20.5 Å². The summed E-state index contributed by atoms with van der Waals surface area (Å²) in [6.07, 6.45) is 2.00. The second-order valence-corrected chi connectivity index (χ2v) is 17.2. The van der Waals surface area contributed by atoms with Crippen LogP contribution in [0, 0.1) is 0 Å². The smallest absolute Gasteiger partial charge is 0.295 e. The predicted molar refractivity (Wildman–Crippen MR) is 195 cm³/mol. The van der Waals surface area contributed by atoms with Gasteiger partial charge in [0.25, 0.3) is 40.5 Å². The maximum absolute atomic E-state index is 12.4. The van der Waals surface area contributed by atoms with Gasteiger partial charge in [-0.25, -0.2) is 0 Å². The molecule has 20 nitrogen and oxygen atoms in total. The van der Waals surface area contributed by atoms with Gasteiger partial charge in [-0.1, -0.05) is 12.1 Å². The zero-order valence-electron chi connectivity index (χ0n) is 27.8. The number of benzene rings is 4. The van der Waals surface area contributed by atoms with Gasteiger partial charge in [-0.2, -0.15) is 43.9 Å². The number of phenols is 2. The first-order valence-corrected chi connectivity index (χ1v) is 21.1. The van der Waals surface area contributed by atoms with Crippen molar-refractivity contribution in [2.45, 2.75) is 32.4 Å². The number of nitrogens with zero attached hydrogens (tertiary/aromatic N) is 6. The molecule has 0 aliphatic carbocycles. The first-order chi connectivity index (χ1) is 26.1. The zero-order chi connectivity index (χ0) is 40.8. The van der Waals surface area contributed by atoms with Crippen molar-refractivity contribution in [3.63, 3.8) is 0 Å². The molecule has 0 unspecified atom stereocenters. The van der Waals surface area contributed by atoms with E-state index < -0.39 is 82.9 Å². The van der Waals surface area contributed by atoms with Gasteiger partial charge in [0, 0.05) is 23.2 Å². The fraction of sp³-hybridized carbons (Fsp3) is 0.0625. The summed E-state index contributed by atoms with van der Waals surface area (Å²) in [6, 6.07) is 13.6. The Morgan fingerprint density at radius 2 is 0.821 bits per heavy atom. The van der Waals surface area contributed by atoms with E-state index in [1.807, 2.05) is 0 Å². The molecule has 6 aromatic rings. The van der Waals surface area contributed by atoms with E-state index in [4.69, 9.17) is 0 Å². The van der Waals surface area contributed by atoms with Gasteiger partial charge in [0.15, 0.2) is 11.5 Å². The minimum absolute atomic E-state index is 0.0436. The largest absolute Gasteiger partial charge is 0.504 e. The topological polar surface area (TPSA) is 333 Å². The molecule has 6 N–H and O–H groups in total. The first-order valence-electron chi connectivity index (χ1n) is 15.3. The van der Waals surface area contributed by atoms with Gasteiger partial charge < -0.3 is 10.2 Å². The Labute approximate surface area is 316 Å². The van der Waals surface area contributed by atoms with E-state index in [0.29, 0.717) is 0 Å². The molecule has 6 rings (SSSR count). The lowest BCUT2D eigenvalue weighted by atomic mass is 10.0. The third-order valence-electron chi connectivity index (χ3n) is 8.04. The second-order valence-electron chi connectivity index (χ2n) is 11.7. The fourth-order valence-electron chi connectivity index (χ4n) is 5.54. The van der Waals surface area contributed by atoms with Gasteiger partial charge in [0.2, 0.25) is 0 Å². The monoisotopic (exact) mass is 844 g/mol. The van der Waals surface area contributed by atoms with Crippen molar-refractivity contribution in [3.8, 4) is 11.5 Å². The van der Waals surface area contributed by atoms with Crippen LogP contribution in [-0.4, -0.2) is 72.1 Å². The Morgan fingerprint density at radius 3 is 1.16 bits per heavy atom. The molecule has 0 aliphatic rings. The Bertz CT molecular complexity index is 2910. The molecule has 0 saturated heterocycles. The molecule has 56 heavy (non-hydrogen) atoms. The molecule has 290 valence electrons. The molecule has 0 amide bonds. The van der Waals surface area contributed by atoms with E-state index in [1.165, 1.54) is 60.9 Å². The van der Waals surface area contributed by atoms with Gasteiger partial charge in [-0.3, -0.25) is 28.2 Å². The average Bonchev–Trinajstić information content (AvgIpc) is 3.12. The third-order valence-corrected chi connectivity index (χ3v) is 11.7. The molecule has 0 radical (unpaired) electrons. The average molecular weight is 845 g/mol. The normalized spacial score (nSPS) is 13.0. The number of aromatic hydroxyl groups is 2. The molecule has 2 aromatic heterocycles. The maximum Gasteiger partial charge on any atom is 0.295 e. The molecule has 0 aliphatic heterocycles. The summed E-state index contributed by atoms with van der Waals surface area (Å²) in [7, 11) is -19.6. The lowest BCUT2D eigenvalue weighted by Gasteiger charge is -2.11. The van der Waals surface area contributed by atoms with Crippen LogP contribution in [0.4, 0.5) is 22.7 Å². The van der Waals surface area contributed by atoms with Gasteiger partial charge in [-0.05, 0) is 84.6 Å². The molecular weight excluding hydrogens is 821 g/mol. The number of fused-ring (bicyclic) bond motifs is 2. The van der Waals surface area contributed by atoms with Crippen molar-refractivity contribution in [1.29, 1.82) is 0 Å². The number of azo groups is 2. The van der Waals surface area contributed by atoms with Gasteiger partial charge in [-0.15, -0.1) is 10.2 Å². The highest BCUT2D eigenvalue weighted by Crippen LogP contribution is 2.40. The zero-order valence-corrected chi connectivity index (χ0v) is 31.0. The summed E-state index contributed by atoms with van der Waals surface area (Å²) in [4.78, 5) is 5.17. The second kappa shape index (κ2) is 14.7. The van der Waals surface area contributed by atoms with Crippen molar-refractivity contribution >= 4 is 85.0 Å². The molecule has 2 heterocycles. The highest BCUT2D eigenvalue weighted by atomic mass is 32.2. The van der Waals surface area contributed by atoms with Crippen LogP contribution in [-0.2, 0) is 53.3 Å². The quantitative estimate of drug-likeness (QED) is 0.0663. The minimum Gasteiger partial charge on any atom is -0.504 e. The Morgan fingerprint density at radius 1 is 0.464 bits per heavy atom. The fourth-order valence-corrected chi connectivity index (χ4v) is 8.49. The van der Waals surface area contributed by atoms with Gasteiger partial charge in [0.05, 0.1) is 21.2 Å². The van der Waals surface area contributed by atoms with Gasteiger partial charge >= 0.3 is 0 Å². The van der Waals surface area contributed by atoms with E-state index in [2.05, 4.69) is 30.4 Å². The summed E-state index contributed by atoms with van der Waals surface area (Å²) in [5.41, 5.74) is -1.90. The van der Waals surface area contributed by atoms with Crippen LogP contribution in [0.2, 0.25) is 0 Å². The molecule has 0 atom stereocenters. The highest BCUT2D eigenvalue weighted by Gasteiger charge is 2.23. The molecule has 0 fully saturated rings. The van der Waals surface area contributed by atoms with Crippen LogP contribution in [0.1, 0.15) is 11.1 Å². The lowest BCUT2D eigenvalue weighted by Crippen LogP contribution is -2.07. The summed E-state index contributed by atoms with van der Waals surface area (Å²) in [5, 5.41) is 36.3. The molecule has 24 heteroatoms. The van der Waals surface area contributed by atoms with Crippen LogP contribution in [0.25, 0.3) is 21.8 Å².